The van der Waals surface area contributed by atoms with Crippen molar-refractivity contribution < 1.29 is 9.26 Å². The van der Waals surface area contributed by atoms with Crippen molar-refractivity contribution in [2.75, 3.05) is 12.8 Å². The lowest BCUT2D eigenvalue weighted by Gasteiger charge is -2.26. The molecule has 0 saturated carbocycles. The fraction of sp³-hybridized carbons (Fsp3) is 0.471. The molecule has 0 aliphatic rings. The van der Waals surface area contributed by atoms with Crippen molar-refractivity contribution in [2.24, 2.45) is 11.3 Å². The van der Waals surface area contributed by atoms with Crippen molar-refractivity contribution in [3.63, 3.8) is 0 Å². The average Bonchev–Trinajstić information content (AvgIpc) is 2.79. The lowest BCUT2D eigenvalue weighted by Crippen LogP contribution is -2.19. The second-order valence-electron chi connectivity index (χ2n) is 6.57. The Labute approximate surface area is 126 Å². The molecule has 21 heavy (non-hydrogen) atoms. The molecule has 0 aliphatic carbocycles. The molecule has 0 saturated heterocycles. The van der Waals surface area contributed by atoms with Crippen LogP contribution in [-0.4, -0.2) is 12.3 Å². The van der Waals surface area contributed by atoms with Gasteiger partial charge in [-0.25, -0.2) is 0 Å². The molecule has 0 bridgehead atoms. The van der Waals surface area contributed by atoms with Crippen LogP contribution in [0.2, 0.25) is 0 Å². The average molecular weight is 288 g/mol. The third kappa shape index (κ3) is 3.38. The predicted molar refractivity (Wildman–Crippen MR) is 85.2 cm³/mol. The van der Waals surface area contributed by atoms with Crippen molar-refractivity contribution in [2.45, 2.75) is 34.1 Å². The summed E-state index contributed by atoms with van der Waals surface area (Å²) in [6.45, 7) is 8.92. The van der Waals surface area contributed by atoms with Crippen LogP contribution < -0.4 is 10.5 Å². The molecule has 2 rings (SSSR count). The fourth-order valence-corrected chi connectivity index (χ4v) is 2.14. The van der Waals surface area contributed by atoms with Gasteiger partial charge in [-0.1, -0.05) is 45.0 Å². The molecule has 2 aromatic rings. The Morgan fingerprint density at radius 2 is 1.86 bits per heavy atom. The third-order valence-corrected chi connectivity index (χ3v) is 4.15. The summed E-state index contributed by atoms with van der Waals surface area (Å²) in [5, 5.41) is 4.16. The van der Waals surface area contributed by atoms with E-state index in [0.29, 0.717) is 11.8 Å². The Morgan fingerprint density at radius 3 is 2.38 bits per heavy atom. The Kier molecular flexibility index (Phi) is 4.26. The van der Waals surface area contributed by atoms with E-state index in [1.165, 1.54) is 0 Å². The van der Waals surface area contributed by atoms with Crippen LogP contribution in [0.25, 0.3) is 11.1 Å². The molecule has 1 heterocycles. The van der Waals surface area contributed by atoms with Gasteiger partial charge in [-0.05, 0) is 35.4 Å². The van der Waals surface area contributed by atoms with E-state index in [9.17, 15) is 0 Å². The largest absolute Gasteiger partial charge is 0.497 e. The SMILES string of the molecule is COc1ccc(-c2c(CC(C)C(C)(C)C)noc2N)cc1. The monoisotopic (exact) mass is 288 g/mol. The zero-order valence-electron chi connectivity index (χ0n) is 13.4. The predicted octanol–water partition coefficient (Wildman–Crippen LogP) is 4.16. The zero-order chi connectivity index (χ0) is 15.6. The molecule has 1 aromatic carbocycles. The molecule has 0 amide bonds. The van der Waals surface area contributed by atoms with E-state index in [4.69, 9.17) is 15.0 Å². The fourth-order valence-electron chi connectivity index (χ4n) is 2.14. The number of hydrogen-bond acceptors (Lipinski definition) is 4. The smallest absolute Gasteiger partial charge is 0.230 e. The molecule has 1 aromatic heterocycles. The first-order valence-electron chi connectivity index (χ1n) is 7.21. The first-order valence-corrected chi connectivity index (χ1v) is 7.21. The normalized spacial score (nSPS) is 13.2. The number of nitrogens with zero attached hydrogens (tertiary/aromatic N) is 1. The van der Waals surface area contributed by atoms with Gasteiger partial charge in [0.25, 0.3) is 0 Å². The summed E-state index contributed by atoms with van der Waals surface area (Å²) in [6.07, 6.45) is 0.839. The third-order valence-electron chi connectivity index (χ3n) is 4.15. The highest BCUT2D eigenvalue weighted by Crippen LogP contribution is 2.35. The minimum absolute atomic E-state index is 0.213. The van der Waals surface area contributed by atoms with E-state index >= 15 is 0 Å². The number of nitrogens with two attached hydrogens (primary N) is 1. The standard InChI is InChI=1S/C17H24N2O2/c1-11(17(2,3)4)10-14-15(16(18)21-19-14)12-6-8-13(20-5)9-7-12/h6-9,11H,10,18H2,1-5H3. The molecule has 114 valence electrons. The summed E-state index contributed by atoms with van der Waals surface area (Å²) in [6, 6.07) is 7.79. The molecule has 1 unspecified atom stereocenters. The Balaban J connectivity index is 2.33. The van der Waals surface area contributed by atoms with Crippen molar-refractivity contribution >= 4 is 5.88 Å². The van der Waals surface area contributed by atoms with E-state index in [1.807, 2.05) is 24.3 Å². The molecule has 4 heteroatoms. The first kappa shape index (κ1) is 15.4. The molecular formula is C17H24N2O2. The summed E-state index contributed by atoms with van der Waals surface area (Å²) >= 11 is 0. The molecule has 0 aliphatic heterocycles. The van der Waals surface area contributed by atoms with Gasteiger partial charge in [0.05, 0.1) is 18.4 Å². The highest BCUT2D eigenvalue weighted by Gasteiger charge is 2.24. The number of rotatable bonds is 4. The van der Waals surface area contributed by atoms with Gasteiger partial charge in [0, 0.05) is 0 Å². The summed E-state index contributed by atoms with van der Waals surface area (Å²) in [5.41, 5.74) is 9.00. The maximum absolute atomic E-state index is 5.97. The summed E-state index contributed by atoms with van der Waals surface area (Å²) in [4.78, 5) is 0. The van der Waals surface area contributed by atoms with Crippen LogP contribution in [-0.2, 0) is 6.42 Å². The first-order chi connectivity index (χ1) is 9.82. The van der Waals surface area contributed by atoms with Gasteiger partial charge in [0.1, 0.15) is 5.75 Å². The summed E-state index contributed by atoms with van der Waals surface area (Å²) in [7, 11) is 1.65. The van der Waals surface area contributed by atoms with Gasteiger partial charge < -0.3 is 15.0 Å². The number of methoxy groups -OCH3 is 1. The minimum Gasteiger partial charge on any atom is -0.497 e. The Bertz CT molecular complexity index is 594. The van der Waals surface area contributed by atoms with Gasteiger partial charge in [0.15, 0.2) is 0 Å². The van der Waals surface area contributed by atoms with Crippen LogP contribution >= 0.6 is 0 Å². The summed E-state index contributed by atoms with van der Waals surface area (Å²) in [5.74, 6) is 1.66. The van der Waals surface area contributed by atoms with E-state index in [0.717, 1.165) is 29.0 Å². The maximum Gasteiger partial charge on any atom is 0.230 e. The topological polar surface area (TPSA) is 61.3 Å². The second kappa shape index (κ2) is 5.80. The highest BCUT2D eigenvalue weighted by molar-refractivity contribution is 5.75. The number of ether oxygens (including phenoxy) is 1. The molecule has 4 nitrogen and oxygen atoms in total. The molecule has 0 spiro atoms. The minimum atomic E-state index is 0.213. The van der Waals surface area contributed by atoms with Crippen LogP contribution in [0.5, 0.6) is 5.75 Å². The van der Waals surface area contributed by atoms with Gasteiger partial charge in [-0.15, -0.1) is 0 Å². The van der Waals surface area contributed by atoms with E-state index in [-0.39, 0.29) is 5.41 Å². The number of hydrogen-bond donors (Lipinski definition) is 1. The summed E-state index contributed by atoms with van der Waals surface area (Å²) < 4.78 is 10.4. The number of benzene rings is 1. The van der Waals surface area contributed by atoms with Gasteiger partial charge in [-0.3, -0.25) is 0 Å². The van der Waals surface area contributed by atoms with Gasteiger partial charge in [-0.2, -0.15) is 0 Å². The van der Waals surface area contributed by atoms with E-state index in [1.54, 1.807) is 7.11 Å². The quantitative estimate of drug-likeness (QED) is 0.917. The van der Waals surface area contributed by atoms with Gasteiger partial charge >= 0.3 is 0 Å². The van der Waals surface area contributed by atoms with Crippen molar-refractivity contribution in [3.05, 3.63) is 30.0 Å². The second-order valence-corrected chi connectivity index (χ2v) is 6.57. The lowest BCUT2D eigenvalue weighted by atomic mass is 9.79. The number of aromatic nitrogens is 1. The van der Waals surface area contributed by atoms with Gasteiger partial charge in [0.2, 0.25) is 5.88 Å². The van der Waals surface area contributed by atoms with Crippen LogP contribution in [0.15, 0.2) is 28.8 Å². The zero-order valence-corrected chi connectivity index (χ0v) is 13.4. The molecule has 2 N–H and O–H groups in total. The highest BCUT2D eigenvalue weighted by atomic mass is 16.5. The number of anilines is 1. The Hall–Kier alpha value is -1.97. The van der Waals surface area contributed by atoms with Crippen molar-refractivity contribution in [3.8, 4) is 16.9 Å². The lowest BCUT2D eigenvalue weighted by molar-refractivity contribution is 0.255. The maximum atomic E-state index is 5.97. The van der Waals surface area contributed by atoms with Crippen molar-refractivity contribution in [1.82, 2.24) is 5.16 Å². The van der Waals surface area contributed by atoms with Crippen LogP contribution in [0, 0.1) is 11.3 Å². The molecular weight excluding hydrogens is 264 g/mol. The number of nitrogen functional groups attached to an aromatic ring is 1. The van der Waals surface area contributed by atoms with Crippen LogP contribution in [0.3, 0.4) is 0 Å². The van der Waals surface area contributed by atoms with E-state index < -0.39 is 0 Å². The molecule has 1 atom stereocenters. The van der Waals surface area contributed by atoms with Crippen molar-refractivity contribution in [1.29, 1.82) is 0 Å². The molecule has 0 fully saturated rings. The Morgan fingerprint density at radius 1 is 1.24 bits per heavy atom. The van der Waals surface area contributed by atoms with E-state index in [2.05, 4.69) is 32.9 Å². The van der Waals surface area contributed by atoms with Crippen LogP contribution in [0.1, 0.15) is 33.4 Å². The molecule has 0 radical (unpaired) electrons. The van der Waals surface area contributed by atoms with Crippen LogP contribution in [0.4, 0.5) is 5.88 Å².